The second-order valence-electron chi connectivity index (χ2n) is 4.54. The van der Waals surface area contributed by atoms with Crippen LogP contribution < -0.4 is 15.6 Å². The summed E-state index contributed by atoms with van der Waals surface area (Å²) in [6.07, 6.45) is 0. The van der Waals surface area contributed by atoms with Crippen molar-refractivity contribution in [1.82, 2.24) is 5.32 Å². The third kappa shape index (κ3) is 4.39. The molecule has 2 rings (SSSR count). The van der Waals surface area contributed by atoms with Gasteiger partial charge in [-0.05, 0) is 29.8 Å². The van der Waals surface area contributed by atoms with E-state index in [2.05, 4.69) is 5.32 Å². The number of primary sulfonamides is 2. The topological polar surface area (TPSA) is 163 Å². The average Bonchev–Trinajstić information content (AvgIpc) is 2.94. The van der Waals surface area contributed by atoms with Gasteiger partial charge in [0, 0.05) is 6.54 Å². The number of nitrogens with one attached hydrogen (secondary N) is 1. The van der Waals surface area contributed by atoms with Crippen LogP contribution in [0.15, 0.2) is 50.8 Å². The Kier molecular flexibility index (Phi) is 4.56. The summed E-state index contributed by atoms with van der Waals surface area (Å²) in [6, 6.07) is 7.84. The summed E-state index contributed by atoms with van der Waals surface area (Å²) in [5, 5.41) is 11.8. The van der Waals surface area contributed by atoms with Gasteiger partial charge in [-0.3, -0.25) is 4.79 Å². The molecule has 0 saturated carbocycles. The van der Waals surface area contributed by atoms with Gasteiger partial charge in [0.15, 0.2) is 5.76 Å². The van der Waals surface area contributed by atoms with E-state index >= 15 is 0 Å². The zero-order valence-electron chi connectivity index (χ0n) is 11.6. The Labute approximate surface area is 132 Å². The quantitative estimate of drug-likeness (QED) is 0.652. The van der Waals surface area contributed by atoms with Gasteiger partial charge in [0.2, 0.25) is 15.1 Å². The predicted octanol–water partition coefficient (Wildman–Crippen LogP) is -0.496. The van der Waals surface area contributed by atoms with Gasteiger partial charge < -0.3 is 9.73 Å². The minimum atomic E-state index is -4.02. The minimum Gasteiger partial charge on any atom is -0.438 e. The molecule has 0 aliphatic rings. The van der Waals surface area contributed by atoms with Crippen molar-refractivity contribution in [3.63, 3.8) is 0 Å². The molecule has 0 aliphatic heterocycles. The average molecular weight is 359 g/mol. The van der Waals surface area contributed by atoms with E-state index in [0.29, 0.717) is 5.56 Å². The molecule has 124 valence electrons. The maximum absolute atomic E-state index is 11.8. The van der Waals surface area contributed by atoms with Crippen molar-refractivity contribution in [3.05, 3.63) is 47.7 Å². The first kappa shape index (κ1) is 17.1. The number of carbonyl (C=O) groups excluding carboxylic acids is 1. The van der Waals surface area contributed by atoms with Crippen LogP contribution in [0.5, 0.6) is 0 Å². The van der Waals surface area contributed by atoms with Crippen LogP contribution in [-0.2, 0) is 26.6 Å². The number of hydrogen-bond donors (Lipinski definition) is 3. The Balaban J connectivity index is 2.03. The number of rotatable bonds is 5. The number of furan rings is 1. The van der Waals surface area contributed by atoms with Gasteiger partial charge in [-0.2, -0.15) is 0 Å². The maximum Gasteiger partial charge on any atom is 0.287 e. The lowest BCUT2D eigenvalue weighted by Crippen LogP contribution is -2.22. The molecule has 0 radical (unpaired) electrons. The highest BCUT2D eigenvalue weighted by molar-refractivity contribution is 7.89. The number of amides is 1. The van der Waals surface area contributed by atoms with E-state index in [9.17, 15) is 21.6 Å². The molecule has 9 nitrogen and oxygen atoms in total. The molecule has 0 aliphatic carbocycles. The van der Waals surface area contributed by atoms with Gasteiger partial charge in [0.25, 0.3) is 15.9 Å². The molecule has 2 aromatic rings. The lowest BCUT2D eigenvalue weighted by atomic mass is 10.2. The number of benzene rings is 1. The molecule has 0 fully saturated rings. The van der Waals surface area contributed by atoms with E-state index in [1.54, 1.807) is 0 Å². The zero-order valence-corrected chi connectivity index (χ0v) is 13.2. The highest BCUT2D eigenvalue weighted by Crippen LogP contribution is 2.13. The van der Waals surface area contributed by atoms with Crippen molar-refractivity contribution in [3.8, 4) is 0 Å². The van der Waals surface area contributed by atoms with Gasteiger partial charge in [0.1, 0.15) is 0 Å². The molecule has 0 bridgehead atoms. The Bertz CT molecular complexity index is 929. The number of carbonyl (C=O) groups is 1. The van der Waals surface area contributed by atoms with Crippen LogP contribution in [0.4, 0.5) is 0 Å². The lowest BCUT2D eigenvalue weighted by Gasteiger charge is -2.04. The molecule has 1 aromatic carbocycles. The van der Waals surface area contributed by atoms with E-state index in [4.69, 9.17) is 14.7 Å². The fourth-order valence-corrected chi connectivity index (χ4v) is 2.64. The van der Waals surface area contributed by atoms with Crippen LogP contribution in [0.2, 0.25) is 0 Å². The standard InChI is InChI=1S/C12H13N3O6S2/c13-22(17,18)9-3-1-8(2-4-9)7-15-12(16)10-5-6-11(21-10)23(14,19)20/h1-6H,7H2,(H,15,16)(H2,13,17,18)(H2,14,19,20). The fraction of sp³-hybridized carbons (Fsp3) is 0.0833. The number of sulfonamides is 2. The highest BCUT2D eigenvalue weighted by Gasteiger charge is 2.17. The van der Waals surface area contributed by atoms with Gasteiger partial charge in [-0.15, -0.1) is 0 Å². The van der Waals surface area contributed by atoms with Crippen molar-refractivity contribution in [2.75, 3.05) is 0 Å². The Morgan fingerprint density at radius 2 is 1.57 bits per heavy atom. The van der Waals surface area contributed by atoms with Gasteiger partial charge in [-0.25, -0.2) is 27.1 Å². The minimum absolute atomic E-state index is 0.0450. The van der Waals surface area contributed by atoms with Crippen LogP contribution in [-0.4, -0.2) is 22.7 Å². The summed E-state index contributed by atoms with van der Waals surface area (Å²) < 4.78 is 49.2. The maximum atomic E-state index is 11.8. The first-order chi connectivity index (χ1) is 10.6. The van der Waals surface area contributed by atoms with Crippen LogP contribution in [0.25, 0.3) is 0 Å². The number of hydrogen-bond acceptors (Lipinski definition) is 6. The second kappa shape index (κ2) is 6.12. The van der Waals surface area contributed by atoms with Gasteiger partial charge in [0.05, 0.1) is 4.90 Å². The van der Waals surface area contributed by atoms with Crippen molar-refractivity contribution in [2.45, 2.75) is 16.5 Å². The molecular formula is C12H13N3O6S2. The summed E-state index contributed by atoms with van der Waals surface area (Å²) in [5.74, 6) is -0.856. The van der Waals surface area contributed by atoms with Crippen LogP contribution in [0.3, 0.4) is 0 Å². The van der Waals surface area contributed by atoms with Gasteiger partial charge in [-0.1, -0.05) is 12.1 Å². The van der Waals surface area contributed by atoms with E-state index in [-0.39, 0.29) is 17.2 Å². The third-order valence-electron chi connectivity index (χ3n) is 2.79. The molecule has 11 heteroatoms. The SMILES string of the molecule is NS(=O)(=O)c1ccc(CNC(=O)c2ccc(S(N)(=O)=O)o2)cc1. The van der Waals surface area contributed by atoms with E-state index < -0.39 is 31.0 Å². The van der Waals surface area contributed by atoms with Crippen LogP contribution >= 0.6 is 0 Å². The zero-order chi connectivity index (χ0) is 17.3. The summed E-state index contributed by atoms with van der Waals surface area (Å²) in [5.41, 5.74) is 0.615. The molecule has 0 saturated heterocycles. The summed E-state index contributed by atoms with van der Waals surface area (Å²) in [6.45, 7) is 0.0785. The van der Waals surface area contributed by atoms with E-state index in [1.807, 2.05) is 0 Å². The van der Waals surface area contributed by atoms with Crippen molar-refractivity contribution >= 4 is 26.0 Å². The van der Waals surface area contributed by atoms with Crippen molar-refractivity contribution < 1.29 is 26.0 Å². The molecule has 0 atom stereocenters. The number of nitrogens with two attached hydrogens (primary N) is 2. The Hall–Kier alpha value is -2.21. The molecular weight excluding hydrogens is 346 g/mol. The fourth-order valence-electron chi connectivity index (χ4n) is 1.66. The monoisotopic (exact) mass is 359 g/mol. The van der Waals surface area contributed by atoms with E-state index in [0.717, 1.165) is 6.07 Å². The molecule has 1 aromatic heterocycles. The summed E-state index contributed by atoms with van der Waals surface area (Å²) >= 11 is 0. The molecule has 0 unspecified atom stereocenters. The lowest BCUT2D eigenvalue weighted by molar-refractivity contribution is 0.0918. The largest absolute Gasteiger partial charge is 0.438 e. The summed E-state index contributed by atoms with van der Waals surface area (Å²) in [4.78, 5) is 11.8. The van der Waals surface area contributed by atoms with Crippen molar-refractivity contribution in [1.29, 1.82) is 0 Å². The second-order valence-corrected chi connectivity index (χ2v) is 7.59. The molecule has 23 heavy (non-hydrogen) atoms. The normalized spacial score (nSPS) is 12.1. The van der Waals surface area contributed by atoms with Crippen molar-refractivity contribution in [2.24, 2.45) is 10.3 Å². The van der Waals surface area contributed by atoms with Crippen LogP contribution in [0, 0.1) is 0 Å². The Morgan fingerprint density at radius 1 is 0.957 bits per heavy atom. The Morgan fingerprint density at radius 3 is 2.04 bits per heavy atom. The third-order valence-corrected chi connectivity index (χ3v) is 4.50. The first-order valence-corrected chi connectivity index (χ1v) is 9.19. The van der Waals surface area contributed by atoms with E-state index in [1.165, 1.54) is 30.3 Å². The molecule has 5 N–H and O–H groups in total. The molecule has 1 heterocycles. The smallest absolute Gasteiger partial charge is 0.287 e. The first-order valence-electron chi connectivity index (χ1n) is 6.10. The van der Waals surface area contributed by atoms with Gasteiger partial charge >= 0.3 is 0 Å². The molecule has 1 amide bonds. The predicted molar refractivity (Wildman–Crippen MR) is 79.1 cm³/mol. The van der Waals surface area contributed by atoms with Crippen LogP contribution in [0.1, 0.15) is 16.1 Å². The molecule has 0 spiro atoms. The summed E-state index contributed by atoms with van der Waals surface area (Å²) in [7, 11) is -7.79. The highest BCUT2D eigenvalue weighted by atomic mass is 32.2.